The largest absolute Gasteiger partial charge is 0.461 e. The van der Waals surface area contributed by atoms with Crippen LogP contribution in [0.4, 0.5) is 0 Å². The Balaban J connectivity index is 2.34. The quantitative estimate of drug-likeness (QED) is 0.637. The zero-order valence-corrected chi connectivity index (χ0v) is 16.1. The molecule has 0 amide bonds. The van der Waals surface area contributed by atoms with E-state index in [0.29, 0.717) is 17.9 Å². The number of carbonyl (C=O) groups excluding carboxylic acids is 1. The SMILES string of the molecule is CCCc1cc(C(=O)OCC)nc2c(-c3c(C)cccc3C)c(C)nn12. The van der Waals surface area contributed by atoms with Crippen molar-refractivity contribution < 1.29 is 9.53 Å². The predicted molar refractivity (Wildman–Crippen MR) is 103 cm³/mol. The van der Waals surface area contributed by atoms with Gasteiger partial charge in [0, 0.05) is 5.69 Å². The van der Waals surface area contributed by atoms with E-state index >= 15 is 0 Å². The second-order valence-corrected chi connectivity index (χ2v) is 6.57. The van der Waals surface area contributed by atoms with Gasteiger partial charge in [0.05, 0.1) is 17.9 Å². The highest BCUT2D eigenvalue weighted by atomic mass is 16.5. The van der Waals surface area contributed by atoms with Gasteiger partial charge in [-0.3, -0.25) is 0 Å². The van der Waals surface area contributed by atoms with Gasteiger partial charge in [-0.2, -0.15) is 5.10 Å². The lowest BCUT2D eigenvalue weighted by molar-refractivity contribution is 0.0519. The lowest BCUT2D eigenvalue weighted by Gasteiger charge is -2.11. The van der Waals surface area contributed by atoms with Crippen molar-refractivity contribution in [1.82, 2.24) is 14.6 Å². The van der Waals surface area contributed by atoms with E-state index in [4.69, 9.17) is 9.84 Å². The molecule has 1 aromatic carbocycles. The van der Waals surface area contributed by atoms with Crippen LogP contribution in [0.25, 0.3) is 16.8 Å². The highest BCUT2D eigenvalue weighted by Gasteiger charge is 2.21. The Morgan fingerprint density at radius 2 is 1.81 bits per heavy atom. The third kappa shape index (κ3) is 3.09. The van der Waals surface area contributed by atoms with Crippen LogP contribution < -0.4 is 0 Å². The second kappa shape index (κ2) is 7.28. The number of carbonyl (C=O) groups is 1. The molecule has 0 fully saturated rings. The van der Waals surface area contributed by atoms with Gasteiger partial charge < -0.3 is 4.74 Å². The van der Waals surface area contributed by atoms with Crippen molar-refractivity contribution in [3.05, 3.63) is 52.5 Å². The van der Waals surface area contributed by atoms with Crippen LogP contribution in [0.15, 0.2) is 24.3 Å². The fourth-order valence-corrected chi connectivity index (χ4v) is 3.43. The summed E-state index contributed by atoms with van der Waals surface area (Å²) >= 11 is 0. The number of hydrogen-bond donors (Lipinski definition) is 0. The summed E-state index contributed by atoms with van der Waals surface area (Å²) in [5, 5.41) is 4.74. The monoisotopic (exact) mass is 351 g/mol. The maximum absolute atomic E-state index is 12.3. The Labute approximate surface area is 154 Å². The molecule has 0 aliphatic rings. The van der Waals surface area contributed by atoms with E-state index < -0.39 is 5.97 Å². The smallest absolute Gasteiger partial charge is 0.357 e. The molecule has 2 heterocycles. The van der Waals surface area contributed by atoms with Crippen LogP contribution in [-0.2, 0) is 11.2 Å². The molecule has 5 heteroatoms. The highest BCUT2D eigenvalue weighted by Crippen LogP contribution is 2.33. The van der Waals surface area contributed by atoms with Gasteiger partial charge >= 0.3 is 5.97 Å². The average molecular weight is 351 g/mol. The number of fused-ring (bicyclic) bond motifs is 1. The third-order valence-electron chi connectivity index (χ3n) is 4.56. The minimum absolute atomic E-state index is 0.330. The summed E-state index contributed by atoms with van der Waals surface area (Å²) in [6, 6.07) is 8.03. The summed E-state index contributed by atoms with van der Waals surface area (Å²) < 4.78 is 7.06. The number of rotatable bonds is 5. The fourth-order valence-electron chi connectivity index (χ4n) is 3.43. The van der Waals surface area contributed by atoms with Gasteiger partial charge in [0.2, 0.25) is 0 Å². The molecule has 0 saturated carbocycles. The third-order valence-corrected chi connectivity index (χ3v) is 4.56. The molecule has 0 N–H and O–H groups in total. The van der Waals surface area contributed by atoms with E-state index in [1.807, 2.05) is 11.4 Å². The number of aryl methyl sites for hydroxylation is 4. The molecule has 3 rings (SSSR count). The molecule has 26 heavy (non-hydrogen) atoms. The van der Waals surface area contributed by atoms with Gasteiger partial charge in [-0.25, -0.2) is 14.3 Å². The molecule has 0 aliphatic heterocycles. The normalized spacial score (nSPS) is 11.1. The average Bonchev–Trinajstić information content (AvgIpc) is 2.92. The number of hydrogen-bond acceptors (Lipinski definition) is 4. The van der Waals surface area contributed by atoms with Gasteiger partial charge in [0.25, 0.3) is 0 Å². The van der Waals surface area contributed by atoms with Crippen molar-refractivity contribution >= 4 is 11.6 Å². The predicted octanol–water partition coefficient (Wildman–Crippen LogP) is 4.45. The van der Waals surface area contributed by atoms with E-state index in [9.17, 15) is 4.79 Å². The van der Waals surface area contributed by atoms with Gasteiger partial charge in [-0.15, -0.1) is 0 Å². The van der Waals surface area contributed by atoms with E-state index in [-0.39, 0.29) is 0 Å². The van der Waals surface area contributed by atoms with Crippen LogP contribution >= 0.6 is 0 Å². The molecule has 2 aromatic heterocycles. The van der Waals surface area contributed by atoms with E-state index in [1.165, 1.54) is 11.1 Å². The van der Waals surface area contributed by atoms with Gasteiger partial charge in [0.1, 0.15) is 0 Å². The molecular weight excluding hydrogens is 326 g/mol. The summed E-state index contributed by atoms with van der Waals surface area (Å²) in [7, 11) is 0. The van der Waals surface area contributed by atoms with Gasteiger partial charge in [0.15, 0.2) is 11.3 Å². The fraction of sp³-hybridized carbons (Fsp3) is 0.381. The minimum Gasteiger partial charge on any atom is -0.461 e. The van der Waals surface area contributed by atoms with E-state index in [0.717, 1.165) is 35.4 Å². The van der Waals surface area contributed by atoms with Crippen molar-refractivity contribution in [2.75, 3.05) is 6.61 Å². The first kappa shape index (κ1) is 18.1. The molecule has 0 atom stereocenters. The first-order valence-electron chi connectivity index (χ1n) is 9.10. The maximum Gasteiger partial charge on any atom is 0.357 e. The molecule has 0 bridgehead atoms. The Kier molecular flexibility index (Phi) is 5.07. The Hall–Kier alpha value is -2.69. The zero-order chi connectivity index (χ0) is 18.8. The van der Waals surface area contributed by atoms with Crippen LogP contribution in [0.1, 0.15) is 53.3 Å². The number of ether oxygens (including phenoxy) is 1. The topological polar surface area (TPSA) is 56.5 Å². The maximum atomic E-state index is 12.3. The lowest BCUT2D eigenvalue weighted by Crippen LogP contribution is -2.11. The van der Waals surface area contributed by atoms with Crippen LogP contribution in [0.2, 0.25) is 0 Å². The summed E-state index contributed by atoms with van der Waals surface area (Å²) in [6.45, 7) is 10.4. The van der Waals surface area contributed by atoms with Crippen molar-refractivity contribution in [2.45, 2.75) is 47.5 Å². The Bertz CT molecular complexity index is 953. The number of esters is 1. The second-order valence-electron chi connectivity index (χ2n) is 6.57. The zero-order valence-electron chi connectivity index (χ0n) is 16.1. The molecular formula is C21H25N3O2. The Morgan fingerprint density at radius 1 is 1.12 bits per heavy atom. The highest BCUT2D eigenvalue weighted by molar-refractivity contribution is 5.90. The first-order valence-corrected chi connectivity index (χ1v) is 9.10. The number of nitrogens with zero attached hydrogens (tertiary/aromatic N) is 3. The number of benzene rings is 1. The van der Waals surface area contributed by atoms with Crippen molar-refractivity contribution in [1.29, 1.82) is 0 Å². The van der Waals surface area contributed by atoms with Crippen LogP contribution in [0.5, 0.6) is 0 Å². The summed E-state index contributed by atoms with van der Waals surface area (Å²) in [6.07, 6.45) is 1.78. The summed E-state index contributed by atoms with van der Waals surface area (Å²) in [5.74, 6) is -0.390. The molecule has 0 radical (unpaired) electrons. The number of aromatic nitrogens is 3. The Morgan fingerprint density at radius 3 is 2.42 bits per heavy atom. The molecule has 0 spiro atoms. The summed E-state index contributed by atoms with van der Waals surface area (Å²) in [5.41, 5.74) is 7.41. The van der Waals surface area contributed by atoms with Gasteiger partial charge in [-0.1, -0.05) is 31.5 Å². The molecule has 5 nitrogen and oxygen atoms in total. The minimum atomic E-state index is -0.390. The summed E-state index contributed by atoms with van der Waals surface area (Å²) in [4.78, 5) is 17.0. The standard InChI is InChI=1S/C21H25N3O2/c1-6-9-16-12-17(21(25)26-7-2)22-20-19(15(5)23-24(16)20)18-13(3)10-8-11-14(18)4/h8,10-12H,6-7,9H2,1-5H3. The molecule has 0 unspecified atom stereocenters. The first-order chi connectivity index (χ1) is 12.5. The molecule has 3 aromatic rings. The lowest BCUT2D eigenvalue weighted by atomic mass is 9.96. The van der Waals surface area contributed by atoms with Crippen molar-refractivity contribution in [3.8, 4) is 11.1 Å². The van der Waals surface area contributed by atoms with Crippen molar-refractivity contribution in [2.24, 2.45) is 0 Å². The van der Waals surface area contributed by atoms with E-state index in [2.05, 4.69) is 44.0 Å². The molecule has 136 valence electrons. The molecule has 0 saturated heterocycles. The van der Waals surface area contributed by atoms with E-state index in [1.54, 1.807) is 13.0 Å². The van der Waals surface area contributed by atoms with Crippen LogP contribution in [0, 0.1) is 20.8 Å². The van der Waals surface area contributed by atoms with Crippen molar-refractivity contribution in [3.63, 3.8) is 0 Å². The molecule has 0 aliphatic carbocycles. The van der Waals surface area contributed by atoms with Gasteiger partial charge in [-0.05, 0) is 56.9 Å². The van der Waals surface area contributed by atoms with Crippen LogP contribution in [-0.4, -0.2) is 27.2 Å². The van der Waals surface area contributed by atoms with Crippen LogP contribution in [0.3, 0.4) is 0 Å².